The maximum Gasteiger partial charge on any atom is 0.277 e. The van der Waals surface area contributed by atoms with Crippen LogP contribution in [-0.2, 0) is 0 Å². The van der Waals surface area contributed by atoms with Crippen molar-refractivity contribution in [2.75, 3.05) is 43.0 Å². The molecule has 0 saturated heterocycles. The van der Waals surface area contributed by atoms with Crippen LogP contribution in [0.5, 0.6) is 11.5 Å². The van der Waals surface area contributed by atoms with Gasteiger partial charge in [0.25, 0.3) is 17.4 Å². The predicted octanol–water partition coefficient (Wildman–Crippen LogP) is 5.15. The van der Waals surface area contributed by atoms with Gasteiger partial charge in [0.05, 0.1) is 30.5 Å². The summed E-state index contributed by atoms with van der Waals surface area (Å²) in [4.78, 5) is 41.9. The number of aromatic nitrogens is 1. The zero-order chi connectivity index (χ0) is 28.1. The second-order valence-corrected chi connectivity index (χ2v) is 8.97. The molecule has 10 heteroatoms. The zero-order valence-electron chi connectivity index (χ0n) is 22.1. The summed E-state index contributed by atoms with van der Waals surface area (Å²) in [7, 11) is 2.93. The highest BCUT2D eigenvalue weighted by Gasteiger charge is 2.19. The minimum absolute atomic E-state index is 0.163. The molecule has 0 aliphatic rings. The Morgan fingerprint density at radius 1 is 0.897 bits per heavy atom. The number of methoxy groups -OCH3 is 2. The van der Waals surface area contributed by atoms with E-state index >= 15 is 0 Å². The molecule has 0 saturated carbocycles. The standard InChI is InChI=1S/C29H29ClN4O5/c1-5-33(6-2)19-13-11-18(12-14-19)27(35)32-34-17-22(20-9-7-8-10-21(20)29(34)37)28(36)31-24-15-23(30)25(38-3)16-26(24)39-4/h7-17H,5-6H2,1-4H3,(H,31,36)(H,32,35). The van der Waals surface area contributed by atoms with Gasteiger partial charge in [0.1, 0.15) is 11.5 Å². The number of halogens is 1. The second-order valence-electron chi connectivity index (χ2n) is 8.56. The summed E-state index contributed by atoms with van der Waals surface area (Å²) in [6, 6.07) is 16.9. The Balaban J connectivity index is 1.69. The predicted molar refractivity (Wildman–Crippen MR) is 154 cm³/mol. The number of fused-ring (bicyclic) bond motifs is 1. The van der Waals surface area contributed by atoms with Crippen molar-refractivity contribution in [3.8, 4) is 11.5 Å². The third-order valence-corrected chi connectivity index (χ3v) is 6.67. The maximum atomic E-state index is 13.5. The smallest absolute Gasteiger partial charge is 0.277 e. The largest absolute Gasteiger partial charge is 0.495 e. The first-order valence-corrected chi connectivity index (χ1v) is 12.7. The van der Waals surface area contributed by atoms with E-state index in [9.17, 15) is 14.4 Å². The Hall–Kier alpha value is -4.50. The number of amides is 2. The van der Waals surface area contributed by atoms with Crippen LogP contribution in [0.3, 0.4) is 0 Å². The van der Waals surface area contributed by atoms with Gasteiger partial charge >= 0.3 is 0 Å². The number of rotatable bonds is 9. The van der Waals surface area contributed by atoms with Crippen molar-refractivity contribution >= 4 is 45.6 Å². The lowest BCUT2D eigenvalue weighted by atomic mass is 10.1. The Labute approximate surface area is 230 Å². The van der Waals surface area contributed by atoms with Crippen molar-refractivity contribution in [1.29, 1.82) is 0 Å². The van der Waals surface area contributed by atoms with Gasteiger partial charge in [0.2, 0.25) is 0 Å². The lowest BCUT2D eigenvalue weighted by Gasteiger charge is -2.21. The van der Waals surface area contributed by atoms with Crippen molar-refractivity contribution in [2.45, 2.75) is 13.8 Å². The average Bonchev–Trinajstić information content (AvgIpc) is 2.95. The summed E-state index contributed by atoms with van der Waals surface area (Å²) >= 11 is 6.26. The second kappa shape index (κ2) is 11.9. The van der Waals surface area contributed by atoms with Crippen LogP contribution >= 0.6 is 11.6 Å². The molecule has 0 spiro atoms. The van der Waals surface area contributed by atoms with Crippen LogP contribution in [0.1, 0.15) is 34.6 Å². The van der Waals surface area contributed by atoms with Crippen LogP contribution < -0.4 is 30.7 Å². The van der Waals surface area contributed by atoms with E-state index in [-0.39, 0.29) is 16.0 Å². The molecule has 0 radical (unpaired) electrons. The van der Waals surface area contributed by atoms with Gasteiger partial charge in [0.15, 0.2) is 0 Å². The molecule has 2 N–H and O–H groups in total. The molecule has 0 atom stereocenters. The third kappa shape index (κ3) is 5.68. The maximum absolute atomic E-state index is 13.5. The van der Waals surface area contributed by atoms with E-state index in [1.165, 1.54) is 26.5 Å². The molecule has 3 aromatic carbocycles. The van der Waals surface area contributed by atoms with E-state index in [0.717, 1.165) is 23.5 Å². The van der Waals surface area contributed by atoms with Gasteiger partial charge in [-0.3, -0.25) is 19.8 Å². The Kier molecular flexibility index (Phi) is 8.41. The quantitative estimate of drug-likeness (QED) is 0.300. The monoisotopic (exact) mass is 548 g/mol. The number of nitrogens with zero attached hydrogens (tertiary/aromatic N) is 2. The SMILES string of the molecule is CCN(CC)c1ccc(C(=O)Nn2cc(C(=O)Nc3cc(Cl)c(OC)cc3OC)c3ccccc3c2=O)cc1. The van der Waals surface area contributed by atoms with Gasteiger partial charge in [-0.2, -0.15) is 0 Å². The molecule has 39 heavy (non-hydrogen) atoms. The van der Waals surface area contributed by atoms with Crippen molar-refractivity contribution in [3.05, 3.63) is 93.4 Å². The van der Waals surface area contributed by atoms with Crippen LogP contribution in [0.2, 0.25) is 5.02 Å². The van der Waals surface area contributed by atoms with E-state index in [1.807, 2.05) is 12.1 Å². The van der Waals surface area contributed by atoms with E-state index in [1.54, 1.807) is 42.5 Å². The molecule has 1 aromatic heterocycles. The van der Waals surface area contributed by atoms with Crippen LogP contribution in [-0.4, -0.2) is 43.8 Å². The van der Waals surface area contributed by atoms with Crippen LogP contribution in [0.4, 0.5) is 11.4 Å². The fraction of sp³-hybridized carbons (Fsp3) is 0.207. The minimum Gasteiger partial charge on any atom is -0.495 e. The fourth-order valence-electron chi connectivity index (χ4n) is 4.29. The summed E-state index contributed by atoms with van der Waals surface area (Å²) in [6.07, 6.45) is 1.31. The molecule has 202 valence electrons. The molecule has 2 amide bonds. The van der Waals surface area contributed by atoms with E-state index in [0.29, 0.717) is 28.1 Å². The average molecular weight is 549 g/mol. The molecule has 0 aliphatic carbocycles. The van der Waals surface area contributed by atoms with Crippen molar-refractivity contribution in [1.82, 2.24) is 4.68 Å². The van der Waals surface area contributed by atoms with Crippen molar-refractivity contribution < 1.29 is 19.1 Å². The molecule has 4 rings (SSSR count). The topological polar surface area (TPSA) is 102 Å². The molecular weight excluding hydrogens is 520 g/mol. The lowest BCUT2D eigenvalue weighted by molar-refractivity contribution is 0.0999. The molecular formula is C29H29ClN4O5. The summed E-state index contributed by atoms with van der Waals surface area (Å²) in [6.45, 7) is 5.80. The number of hydrogen-bond acceptors (Lipinski definition) is 6. The summed E-state index contributed by atoms with van der Waals surface area (Å²) in [5.74, 6) is -0.298. The summed E-state index contributed by atoms with van der Waals surface area (Å²) < 4.78 is 11.6. The minimum atomic E-state index is -0.530. The summed E-state index contributed by atoms with van der Waals surface area (Å²) in [5, 5.41) is 3.75. The molecule has 0 aliphatic heterocycles. The number of carbonyl (C=O) groups excluding carboxylic acids is 2. The van der Waals surface area contributed by atoms with Crippen molar-refractivity contribution in [3.63, 3.8) is 0 Å². The number of nitrogens with one attached hydrogen (secondary N) is 2. The van der Waals surface area contributed by atoms with Crippen molar-refractivity contribution in [2.24, 2.45) is 0 Å². The van der Waals surface area contributed by atoms with Gasteiger partial charge in [0, 0.05) is 47.4 Å². The first-order valence-electron chi connectivity index (χ1n) is 12.3. The first kappa shape index (κ1) is 27.5. The van der Waals surface area contributed by atoms with E-state index in [4.69, 9.17) is 21.1 Å². The molecule has 0 unspecified atom stereocenters. The fourth-order valence-corrected chi connectivity index (χ4v) is 4.53. The third-order valence-electron chi connectivity index (χ3n) is 6.37. The molecule has 0 bridgehead atoms. The molecule has 9 nitrogen and oxygen atoms in total. The Bertz CT molecular complexity index is 1580. The van der Waals surface area contributed by atoms with Gasteiger partial charge in [-0.05, 0) is 50.2 Å². The van der Waals surface area contributed by atoms with Crippen LogP contribution in [0.25, 0.3) is 10.8 Å². The molecule has 0 fully saturated rings. The number of carbonyl (C=O) groups is 2. The summed E-state index contributed by atoms with van der Waals surface area (Å²) in [5.41, 5.74) is 3.98. The van der Waals surface area contributed by atoms with E-state index < -0.39 is 17.4 Å². The number of hydrogen-bond donors (Lipinski definition) is 2. The number of anilines is 2. The van der Waals surface area contributed by atoms with Gasteiger partial charge in [-0.15, -0.1) is 0 Å². The van der Waals surface area contributed by atoms with Crippen LogP contribution in [0, 0.1) is 0 Å². The Morgan fingerprint density at radius 3 is 2.15 bits per heavy atom. The van der Waals surface area contributed by atoms with E-state index in [2.05, 4.69) is 29.5 Å². The normalized spacial score (nSPS) is 10.7. The zero-order valence-corrected chi connectivity index (χ0v) is 22.8. The number of pyridine rings is 1. The number of ether oxygens (including phenoxy) is 2. The highest BCUT2D eigenvalue weighted by molar-refractivity contribution is 6.32. The van der Waals surface area contributed by atoms with Gasteiger partial charge in [-0.25, -0.2) is 4.68 Å². The molecule has 4 aromatic rings. The highest BCUT2D eigenvalue weighted by atomic mass is 35.5. The Morgan fingerprint density at radius 2 is 1.54 bits per heavy atom. The van der Waals surface area contributed by atoms with Gasteiger partial charge in [-0.1, -0.05) is 29.8 Å². The van der Waals surface area contributed by atoms with Gasteiger partial charge < -0.3 is 19.7 Å². The van der Waals surface area contributed by atoms with Crippen LogP contribution in [0.15, 0.2) is 71.7 Å². The number of benzene rings is 3. The highest BCUT2D eigenvalue weighted by Crippen LogP contribution is 2.36. The molecule has 1 heterocycles. The first-order chi connectivity index (χ1) is 18.8. The lowest BCUT2D eigenvalue weighted by Crippen LogP contribution is -2.34.